The lowest BCUT2D eigenvalue weighted by molar-refractivity contribution is -0.0523. The Morgan fingerprint density at radius 2 is 1.96 bits per heavy atom. The molecule has 0 aromatic heterocycles. The van der Waals surface area contributed by atoms with Crippen molar-refractivity contribution in [3.63, 3.8) is 0 Å². The summed E-state index contributed by atoms with van der Waals surface area (Å²) in [5.74, 6) is -1.24. The van der Waals surface area contributed by atoms with E-state index in [1.807, 2.05) is 0 Å². The average Bonchev–Trinajstić information content (AvgIpc) is 2.36. The molecule has 1 N–H and O–H groups in total. The summed E-state index contributed by atoms with van der Waals surface area (Å²) in [6.45, 7) is 2.23. The Bertz CT molecular complexity index is 583. The van der Waals surface area contributed by atoms with E-state index in [0.717, 1.165) is 12.1 Å². The average molecular weight is 347 g/mol. The first-order valence-electron chi connectivity index (χ1n) is 7.53. The number of nitrogens with one attached hydrogen (secondary N) is 1. The van der Waals surface area contributed by atoms with E-state index in [4.69, 9.17) is 9.47 Å². The summed E-state index contributed by atoms with van der Waals surface area (Å²) in [6, 6.07) is 3.37. The van der Waals surface area contributed by atoms with Gasteiger partial charge in [-0.3, -0.25) is 0 Å². The SMILES string of the molecule is CC(C)(C)OC(=O)NC1CC(Oc2ccc(OC(F)F)c(F)c2)C1. The van der Waals surface area contributed by atoms with Crippen molar-refractivity contribution in [1.82, 2.24) is 5.32 Å². The van der Waals surface area contributed by atoms with Gasteiger partial charge in [-0.1, -0.05) is 0 Å². The van der Waals surface area contributed by atoms with Crippen molar-refractivity contribution in [2.75, 3.05) is 0 Å². The largest absolute Gasteiger partial charge is 0.490 e. The quantitative estimate of drug-likeness (QED) is 0.879. The molecule has 1 aromatic rings. The normalized spacial score (nSPS) is 20.3. The van der Waals surface area contributed by atoms with Crippen LogP contribution in [0.1, 0.15) is 33.6 Å². The number of halogens is 3. The number of alkyl carbamates (subject to hydrolysis) is 1. The molecule has 0 saturated heterocycles. The zero-order valence-electron chi connectivity index (χ0n) is 13.6. The molecule has 8 heteroatoms. The predicted molar refractivity (Wildman–Crippen MR) is 79.8 cm³/mol. The van der Waals surface area contributed by atoms with Crippen LogP contribution < -0.4 is 14.8 Å². The monoisotopic (exact) mass is 347 g/mol. The maximum atomic E-state index is 13.6. The smallest absolute Gasteiger partial charge is 0.407 e. The first-order chi connectivity index (χ1) is 11.1. The molecule has 1 saturated carbocycles. The molecule has 0 aliphatic heterocycles. The molecule has 1 amide bonds. The summed E-state index contributed by atoms with van der Waals surface area (Å²) in [4.78, 5) is 11.6. The van der Waals surface area contributed by atoms with E-state index in [1.54, 1.807) is 20.8 Å². The number of amides is 1. The fourth-order valence-electron chi connectivity index (χ4n) is 2.19. The molecule has 0 atom stereocenters. The fraction of sp³-hybridized carbons (Fsp3) is 0.562. The Hall–Kier alpha value is -2.12. The van der Waals surface area contributed by atoms with Crippen molar-refractivity contribution in [2.45, 2.75) is 58.0 Å². The number of carbonyl (C=O) groups excluding carboxylic acids is 1. The highest BCUT2D eigenvalue weighted by Crippen LogP contribution is 2.29. The Morgan fingerprint density at radius 1 is 1.29 bits per heavy atom. The highest BCUT2D eigenvalue weighted by Gasteiger charge is 2.33. The zero-order chi connectivity index (χ0) is 17.9. The Kier molecular flexibility index (Phi) is 5.46. The third-order valence-electron chi connectivity index (χ3n) is 3.24. The van der Waals surface area contributed by atoms with Gasteiger partial charge in [0.15, 0.2) is 11.6 Å². The standard InChI is InChI=1S/C16H20F3NO4/c1-16(2,3)24-15(21)20-9-6-11(7-9)22-10-4-5-13(12(17)8-10)23-14(18)19/h4-5,8-9,11,14H,6-7H2,1-3H3,(H,20,21). The second kappa shape index (κ2) is 7.19. The number of carbonyl (C=O) groups is 1. The molecule has 1 aliphatic rings. The van der Waals surface area contributed by atoms with Gasteiger partial charge >= 0.3 is 12.7 Å². The van der Waals surface area contributed by atoms with Crippen LogP contribution in [0.2, 0.25) is 0 Å². The molecule has 1 fully saturated rings. The summed E-state index contributed by atoms with van der Waals surface area (Å²) >= 11 is 0. The number of hydrogen-bond acceptors (Lipinski definition) is 4. The van der Waals surface area contributed by atoms with E-state index in [2.05, 4.69) is 10.1 Å². The third kappa shape index (κ3) is 5.50. The summed E-state index contributed by atoms with van der Waals surface area (Å²) < 4.78 is 52.4. The molecule has 2 rings (SSSR count). The van der Waals surface area contributed by atoms with Crippen LogP contribution in [-0.4, -0.2) is 30.5 Å². The van der Waals surface area contributed by atoms with Crippen LogP contribution >= 0.6 is 0 Å². The molecule has 0 unspecified atom stereocenters. The van der Waals surface area contributed by atoms with Crippen LogP contribution in [0.5, 0.6) is 11.5 Å². The molecule has 1 aliphatic carbocycles. The van der Waals surface area contributed by atoms with E-state index < -0.39 is 29.9 Å². The lowest BCUT2D eigenvalue weighted by Crippen LogP contribution is -2.50. The minimum absolute atomic E-state index is 0.0730. The molecule has 0 heterocycles. The summed E-state index contributed by atoms with van der Waals surface area (Å²) in [5, 5.41) is 2.71. The fourth-order valence-corrected chi connectivity index (χ4v) is 2.19. The first kappa shape index (κ1) is 18.2. The van der Waals surface area contributed by atoms with Crippen molar-refractivity contribution in [2.24, 2.45) is 0 Å². The molecule has 1 aromatic carbocycles. The number of rotatable bonds is 5. The van der Waals surface area contributed by atoms with Crippen LogP contribution in [0, 0.1) is 5.82 Å². The van der Waals surface area contributed by atoms with Crippen LogP contribution in [0.15, 0.2) is 18.2 Å². The van der Waals surface area contributed by atoms with Gasteiger partial charge in [0.1, 0.15) is 17.5 Å². The Labute approximate surface area is 138 Å². The summed E-state index contributed by atoms with van der Waals surface area (Å²) in [6.07, 6.45) is 0.420. The topological polar surface area (TPSA) is 56.8 Å². The van der Waals surface area contributed by atoms with Crippen LogP contribution in [-0.2, 0) is 4.74 Å². The number of ether oxygens (including phenoxy) is 3. The van der Waals surface area contributed by atoms with Crippen molar-refractivity contribution in [3.05, 3.63) is 24.0 Å². The number of hydrogen-bond donors (Lipinski definition) is 1. The summed E-state index contributed by atoms with van der Waals surface area (Å²) in [5.41, 5.74) is -0.566. The molecular weight excluding hydrogens is 327 g/mol. The van der Waals surface area contributed by atoms with Gasteiger partial charge in [-0.15, -0.1) is 0 Å². The Balaban J connectivity index is 1.77. The second-order valence-corrected chi connectivity index (χ2v) is 6.53. The minimum atomic E-state index is -3.09. The van der Waals surface area contributed by atoms with Crippen molar-refractivity contribution in [3.8, 4) is 11.5 Å². The second-order valence-electron chi connectivity index (χ2n) is 6.53. The van der Waals surface area contributed by atoms with E-state index in [0.29, 0.717) is 12.8 Å². The molecular formula is C16H20F3NO4. The minimum Gasteiger partial charge on any atom is -0.490 e. The van der Waals surface area contributed by atoms with Crippen molar-refractivity contribution in [1.29, 1.82) is 0 Å². The van der Waals surface area contributed by atoms with Gasteiger partial charge in [-0.05, 0) is 32.9 Å². The first-order valence-corrected chi connectivity index (χ1v) is 7.53. The highest BCUT2D eigenvalue weighted by atomic mass is 19.3. The van der Waals surface area contributed by atoms with Gasteiger partial charge in [0.05, 0.1) is 0 Å². The van der Waals surface area contributed by atoms with Crippen LogP contribution in [0.25, 0.3) is 0 Å². The van der Waals surface area contributed by atoms with E-state index in [9.17, 15) is 18.0 Å². The van der Waals surface area contributed by atoms with Gasteiger partial charge < -0.3 is 19.5 Å². The third-order valence-corrected chi connectivity index (χ3v) is 3.24. The van der Waals surface area contributed by atoms with Gasteiger partial charge in [0, 0.05) is 24.9 Å². The molecule has 0 spiro atoms. The van der Waals surface area contributed by atoms with Gasteiger partial charge in [0.2, 0.25) is 0 Å². The summed E-state index contributed by atoms with van der Waals surface area (Å²) in [7, 11) is 0. The predicted octanol–water partition coefficient (Wildman–Crippen LogP) is 3.86. The van der Waals surface area contributed by atoms with E-state index >= 15 is 0 Å². The van der Waals surface area contributed by atoms with Crippen molar-refractivity contribution >= 4 is 6.09 Å². The Morgan fingerprint density at radius 3 is 2.50 bits per heavy atom. The van der Waals surface area contributed by atoms with Gasteiger partial charge in [-0.25, -0.2) is 9.18 Å². The zero-order valence-corrected chi connectivity index (χ0v) is 13.6. The van der Waals surface area contributed by atoms with E-state index in [-0.39, 0.29) is 17.9 Å². The number of alkyl halides is 2. The molecule has 5 nitrogen and oxygen atoms in total. The van der Waals surface area contributed by atoms with Crippen molar-refractivity contribution < 1.29 is 32.2 Å². The van der Waals surface area contributed by atoms with Gasteiger partial charge in [-0.2, -0.15) is 8.78 Å². The number of benzene rings is 1. The lowest BCUT2D eigenvalue weighted by Gasteiger charge is -2.36. The molecule has 0 bridgehead atoms. The molecule has 24 heavy (non-hydrogen) atoms. The van der Waals surface area contributed by atoms with Crippen LogP contribution in [0.3, 0.4) is 0 Å². The van der Waals surface area contributed by atoms with Crippen LogP contribution in [0.4, 0.5) is 18.0 Å². The van der Waals surface area contributed by atoms with Gasteiger partial charge in [0.25, 0.3) is 0 Å². The maximum absolute atomic E-state index is 13.6. The highest BCUT2D eigenvalue weighted by molar-refractivity contribution is 5.68. The van der Waals surface area contributed by atoms with E-state index in [1.165, 1.54) is 6.07 Å². The maximum Gasteiger partial charge on any atom is 0.407 e. The molecule has 0 radical (unpaired) electrons. The lowest BCUT2D eigenvalue weighted by atomic mass is 9.89. The molecule has 134 valence electrons.